The number of benzene rings is 2. The van der Waals surface area contributed by atoms with Crippen LogP contribution < -0.4 is 9.47 Å². The van der Waals surface area contributed by atoms with Gasteiger partial charge < -0.3 is 19.3 Å². The van der Waals surface area contributed by atoms with Crippen LogP contribution in [0.4, 0.5) is 0 Å². The van der Waals surface area contributed by atoms with Crippen LogP contribution in [0.1, 0.15) is 31.1 Å². The molecule has 1 N–H and O–H groups in total. The zero-order valence-electron chi connectivity index (χ0n) is 13.9. The highest BCUT2D eigenvalue weighted by Gasteiger charge is 2.16. The number of ether oxygens (including phenoxy) is 3. The highest BCUT2D eigenvalue weighted by molar-refractivity contribution is 5.41. The third kappa shape index (κ3) is 4.98. The predicted octanol–water partition coefficient (Wildman–Crippen LogP) is 3.73. The van der Waals surface area contributed by atoms with Gasteiger partial charge in [0.1, 0.15) is 18.1 Å². The summed E-state index contributed by atoms with van der Waals surface area (Å²) < 4.78 is 17.0. The van der Waals surface area contributed by atoms with Gasteiger partial charge in [0.2, 0.25) is 0 Å². The summed E-state index contributed by atoms with van der Waals surface area (Å²) in [6, 6.07) is 15.7. The van der Waals surface area contributed by atoms with Crippen molar-refractivity contribution < 1.29 is 19.3 Å². The second-order valence-corrected chi connectivity index (χ2v) is 5.45. The Kier molecular flexibility index (Phi) is 6.44. The maximum atomic E-state index is 9.14. The number of rotatable bonds is 8. The largest absolute Gasteiger partial charge is 0.496 e. The number of methoxy groups -OCH3 is 1. The Balaban J connectivity index is 2.11. The Morgan fingerprint density at radius 3 is 2.43 bits per heavy atom. The topological polar surface area (TPSA) is 47.9 Å². The highest BCUT2D eigenvalue weighted by Crippen LogP contribution is 2.32. The molecule has 0 heterocycles. The van der Waals surface area contributed by atoms with Crippen LogP contribution in [0.25, 0.3) is 0 Å². The number of aliphatic hydroxyl groups is 1. The van der Waals surface area contributed by atoms with Gasteiger partial charge in [0.25, 0.3) is 0 Å². The Hall–Kier alpha value is -2.04. The van der Waals surface area contributed by atoms with E-state index in [1.807, 2.05) is 62.4 Å². The van der Waals surface area contributed by atoms with Crippen LogP contribution >= 0.6 is 0 Å². The summed E-state index contributed by atoms with van der Waals surface area (Å²) in [5.74, 6) is 1.51. The Bertz CT molecular complexity index is 598. The van der Waals surface area contributed by atoms with Crippen LogP contribution in [0.5, 0.6) is 11.5 Å². The van der Waals surface area contributed by atoms with Crippen LogP contribution in [-0.2, 0) is 11.3 Å². The van der Waals surface area contributed by atoms with Gasteiger partial charge in [0.15, 0.2) is 0 Å². The van der Waals surface area contributed by atoms with E-state index in [1.54, 1.807) is 7.11 Å². The molecule has 2 atom stereocenters. The SMILES string of the molecule is COc1ccc(OCc2ccccc2)cc1[C@@H](C)O[C@@H](C)CO. The van der Waals surface area contributed by atoms with Crippen molar-refractivity contribution in [3.05, 3.63) is 59.7 Å². The van der Waals surface area contributed by atoms with Crippen molar-refractivity contribution in [2.75, 3.05) is 13.7 Å². The maximum Gasteiger partial charge on any atom is 0.124 e. The minimum atomic E-state index is -0.233. The van der Waals surface area contributed by atoms with Gasteiger partial charge in [-0.25, -0.2) is 0 Å². The Labute approximate surface area is 137 Å². The summed E-state index contributed by atoms with van der Waals surface area (Å²) in [6.45, 7) is 4.26. The summed E-state index contributed by atoms with van der Waals surface area (Å²) >= 11 is 0. The average Bonchev–Trinajstić information content (AvgIpc) is 2.60. The van der Waals surface area contributed by atoms with Gasteiger partial charge in [-0.2, -0.15) is 0 Å². The first-order valence-corrected chi connectivity index (χ1v) is 7.75. The molecule has 124 valence electrons. The quantitative estimate of drug-likeness (QED) is 0.806. The molecular weight excluding hydrogens is 292 g/mol. The molecule has 4 nitrogen and oxygen atoms in total. The van der Waals surface area contributed by atoms with Gasteiger partial charge in [-0.15, -0.1) is 0 Å². The smallest absolute Gasteiger partial charge is 0.124 e. The normalized spacial score (nSPS) is 13.4. The van der Waals surface area contributed by atoms with Crippen LogP contribution in [0.15, 0.2) is 48.5 Å². The van der Waals surface area contributed by atoms with Gasteiger partial charge in [0.05, 0.1) is 25.9 Å². The zero-order chi connectivity index (χ0) is 16.7. The van der Waals surface area contributed by atoms with Crippen molar-refractivity contribution in [1.82, 2.24) is 0 Å². The molecule has 4 heteroatoms. The first kappa shape index (κ1) is 17.3. The van der Waals surface area contributed by atoms with Gasteiger partial charge in [0, 0.05) is 5.56 Å². The number of aliphatic hydroxyl groups excluding tert-OH is 1. The molecule has 2 aromatic rings. The molecule has 0 amide bonds. The van der Waals surface area contributed by atoms with E-state index < -0.39 is 0 Å². The molecule has 0 spiro atoms. The van der Waals surface area contributed by atoms with Crippen molar-refractivity contribution in [1.29, 1.82) is 0 Å². The minimum absolute atomic E-state index is 0.0170. The first-order valence-electron chi connectivity index (χ1n) is 7.75. The molecule has 0 radical (unpaired) electrons. The third-order valence-corrected chi connectivity index (χ3v) is 3.58. The van der Waals surface area contributed by atoms with Crippen molar-refractivity contribution in [3.63, 3.8) is 0 Å². The lowest BCUT2D eigenvalue weighted by Gasteiger charge is -2.20. The molecule has 0 aliphatic carbocycles. The van der Waals surface area contributed by atoms with E-state index in [1.165, 1.54) is 0 Å². The van der Waals surface area contributed by atoms with Crippen molar-refractivity contribution in [3.8, 4) is 11.5 Å². The molecule has 2 aromatic carbocycles. The first-order chi connectivity index (χ1) is 11.1. The fraction of sp³-hybridized carbons (Fsp3) is 0.368. The van der Waals surface area contributed by atoms with E-state index in [0.29, 0.717) is 6.61 Å². The van der Waals surface area contributed by atoms with E-state index >= 15 is 0 Å². The van der Waals surface area contributed by atoms with Crippen molar-refractivity contribution in [2.45, 2.75) is 32.7 Å². The predicted molar refractivity (Wildman–Crippen MR) is 89.8 cm³/mol. The summed E-state index contributed by atoms with van der Waals surface area (Å²) in [5, 5.41) is 9.14. The van der Waals surface area contributed by atoms with Crippen LogP contribution in [0, 0.1) is 0 Å². The van der Waals surface area contributed by atoms with E-state index in [-0.39, 0.29) is 18.8 Å². The molecule has 2 rings (SSSR count). The molecule has 0 aliphatic heterocycles. The molecule has 0 aliphatic rings. The molecule has 0 aromatic heterocycles. The lowest BCUT2D eigenvalue weighted by atomic mass is 10.1. The van der Waals surface area contributed by atoms with E-state index in [2.05, 4.69) is 0 Å². The van der Waals surface area contributed by atoms with Crippen LogP contribution in [0.3, 0.4) is 0 Å². The lowest BCUT2D eigenvalue weighted by molar-refractivity contribution is -0.0228. The summed E-state index contributed by atoms with van der Waals surface area (Å²) in [6.07, 6.45) is -0.434. The van der Waals surface area contributed by atoms with E-state index in [4.69, 9.17) is 19.3 Å². The molecule has 0 saturated carbocycles. The molecule has 0 fully saturated rings. The van der Waals surface area contributed by atoms with Crippen molar-refractivity contribution >= 4 is 0 Å². The Morgan fingerprint density at radius 1 is 1.04 bits per heavy atom. The third-order valence-electron chi connectivity index (χ3n) is 3.58. The zero-order valence-corrected chi connectivity index (χ0v) is 13.9. The fourth-order valence-corrected chi connectivity index (χ4v) is 2.33. The fourth-order valence-electron chi connectivity index (χ4n) is 2.33. The number of hydrogen-bond acceptors (Lipinski definition) is 4. The summed E-state index contributed by atoms with van der Waals surface area (Å²) in [7, 11) is 1.63. The second-order valence-electron chi connectivity index (χ2n) is 5.45. The highest BCUT2D eigenvalue weighted by atomic mass is 16.5. The standard InChI is InChI=1S/C19H24O4/c1-14(12-20)23-15(2)18-11-17(9-10-19(18)21-3)22-13-16-7-5-4-6-8-16/h4-11,14-15,20H,12-13H2,1-3H3/t14-,15+/m0/s1. The van der Waals surface area contributed by atoms with Crippen LogP contribution in [-0.4, -0.2) is 24.9 Å². The molecule has 0 saturated heterocycles. The Morgan fingerprint density at radius 2 is 1.78 bits per heavy atom. The monoisotopic (exact) mass is 316 g/mol. The van der Waals surface area contributed by atoms with Crippen LogP contribution in [0.2, 0.25) is 0 Å². The average molecular weight is 316 g/mol. The van der Waals surface area contributed by atoms with Gasteiger partial charge in [-0.1, -0.05) is 30.3 Å². The number of hydrogen-bond donors (Lipinski definition) is 1. The van der Waals surface area contributed by atoms with E-state index in [0.717, 1.165) is 22.6 Å². The van der Waals surface area contributed by atoms with Crippen molar-refractivity contribution in [2.24, 2.45) is 0 Å². The van der Waals surface area contributed by atoms with Gasteiger partial charge >= 0.3 is 0 Å². The molecule has 23 heavy (non-hydrogen) atoms. The molecule has 0 unspecified atom stereocenters. The molecule has 0 bridgehead atoms. The summed E-state index contributed by atoms with van der Waals surface area (Å²) in [5.41, 5.74) is 2.02. The van der Waals surface area contributed by atoms with Gasteiger partial charge in [-0.05, 0) is 37.6 Å². The molecular formula is C19H24O4. The second kappa shape index (κ2) is 8.56. The van der Waals surface area contributed by atoms with E-state index in [9.17, 15) is 0 Å². The maximum absolute atomic E-state index is 9.14. The minimum Gasteiger partial charge on any atom is -0.496 e. The van der Waals surface area contributed by atoms with Gasteiger partial charge in [-0.3, -0.25) is 0 Å². The summed E-state index contributed by atoms with van der Waals surface area (Å²) in [4.78, 5) is 0. The lowest BCUT2D eigenvalue weighted by Crippen LogP contribution is -2.16.